The second-order valence-corrected chi connectivity index (χ2v) is 3.23. The molecule has 0 radical (unpaired) electrons. The lowest BCUT2D eigenvalue weighted by atomic mass is 10.1. The Labute approximate surface area is 85.9 Å². The van der Waals surface area contributed by atoms with E-state index in [0.29, 0.717) is 5.69 Å². The first kappa shape index (κ1) is 9.34. The molecule has 0 fully saturated rings. The van der Waals surface area contributed by atoms with Gasteiger partial charge in [-0.25, -0.2) is 4.98 Å². The summed E-state index contributed by atoms with van der Waals surface area (Å²) in [5, 5.41) is 8.64. The summed E-state index contributed by atoms with van der Waals surface area (Å²) in [7, 11) is 1.58. The van der Waals surface area contributed by atoms with Crippen molar-refractivity contribution in [3.05, 3.63) is 23.5 Å². The molecule has 0 N–H and O–H groups in total. The number of ketones is 1. The Morgan fingerprint density at radius 2 is 2.20 bits per heavy atom. The van der Waals surface area contributed by atoms with Gasteiger partial charge in [0.05, 0.1) is 12.1 Å². The second-order valence-electron chi connectivity index (χ2n) is 3.23. The number of amides is 1. The fourth-order valence-electron chi connectivity index (χ4n) is 1.46. The first-order valence-electron chi connectivity index (χ1n) is 4.34. The third kappa shape index (κ3) is 1.36. The van der Waals surface area contributed by atoms with Crippen LogP contribution in [0.2, 0.25) is 0 Å². The Balaban J connectivity index is 2.62. The number of fused-ring (bicyclic) bond motifs is 1. The van der Waals surface area contributed by atoms with Gasteiger partial charge in [-0.3, -0.25) is 9.59 Å². The lowest BCUT2D eigenvalue weighted by Crippen LogP contribution is -2.34. The van der Waals surface area contributed by atoms with Crippen LogP contribution in [0.4, 0.5) is 5.69 Å². The number of aromatic nitrogens is 1. The monoisotopic (exact) mass is 201 g/mol. The lowest BCUT2D eigenvalue weighted by Gasteiger charge is -2.23. The molecule has 0 aromatic carbocycles. The van der Waals surface area contributed by atoms with Gasteiger partial charge in [0.1, 0.15) is 17.5 Å². The summed E-state index contributed by atoms with van der Waals surface area (Å²) in [6.07, 6.45) is -0.175. The number of Topliss-reactive ketones (excluding diaryl/α,β-unsaturated/α-hetero) is 1. The van der Waals surface area contributed by atoms with E-state index in [9.17, 15) is 9.59 Å². The molecule has 0 bridgehead atoms. The van der Waals surface area contributed by atoms with Crippen LogP contribution in [-0.2, 0) is 4.79 Å². The molecule has 0 spiro atoms. The predicted octanol–water partition coefficient (Wildman–Crippen LogP) is 0.502. The lowest BCUT2D eigenvalue weighted by molar-refractivity contribution is -0.117. The van der Waals surface area contributed by atoms with Crippen molar-refractivity contribution in [2.75, 3.05) is 11.9 Å². The van der Waals surface area contributed by atoms with Crippen LogP contribution < -0.4 is 4.90 Å². The van der Waals surface area contributed by atoms with Gasteiger partial charge in [0.25, 0.3) is 0 Å². The van der Waals surface area contributed by atoms with Crippen LogP contribution in [0, 0.1) is 11.3 Å². The minimum Gasteiger partial charge on any atom is -0.313 e. The molecule has 0 atom stereocenters. The number of hydrogen-bond donors (Lipinski definition) is 0. The molecule has 1 aromatic rings. The summed E-state index contributed by atoms with van der Waals surface area (Å²) in [5.74, 6) is -0.579. The molecule has 5 heteroatoms. The topological polar surface area (TPSA) is 74.1 Å². The van der Waals surface area contributed by atoms with Crippen molar-refractivity contribution in [3.63, 3.8) is 0 Å². The minimum absolute atomic E-state index is 0.175. The summed E-state index contributed by atoms with van der Waals surface area (Å²) in [5.41, 5.74) is 0.858. The Bertz CT molecular complexity index is 502. The smallest absolute Gasteiger partial charge is 0.234 e. The molecular formula is C10H7N3O2. The number of nitriles is 1. The van der Waals surface area contributed by atoms with Gasteiger partial charge in [-0.1, -0.05) is 0 Å². The fourth-order valence-corrected chi connectivity index (χ4v) is 1.46. The number of pyridine rings is 1. The number of rotatable bonds is 0. The molecule has 1 amide bonds. The van der Waals surface area contributed by atoms with Crippen LogP contribution in [0.3, 0.4) is 0 Å². The fraction of sp³-hybridized carbons (Fsp3) is 0.200. The molecule has 1 aliphatic heterocycles. The molecule has 2 rings (SSSR count). The molecule has 1 aliphatic rings. The molecule has 74 valence electrons. The summed E-state index contributed by atoms with van der Waals surface area (Å²) >= 11 is 0. The van der Waals surface area contributed by atoms with E-state index in [4.69, 9.17) is 5.26 Å². The molecule has 1 aromatic heterocycles. The van der Waals surface area contributed by atoms with Crippen molar-refractivity contribution in [2.24, 2.45) is 0 Å². The van der Waals surface area contributed by atoms with E-state index >= 15 is 0 Å². The van der Waals surface area contributed by atoms with Crippen LogP contribution in [0.5, 0.6) is 0 Å². The van der Waals surface area contributed by atoms with E-state index in [2.05, 4.69) is 4.98 Å². The maximum atomic E-state index is 11.5. The van der Waals surface area contributed by atoms with Gasteiger partial charge >= 0.3 is 0 Å². The maximum Gasteiger partial charge on any atom is 0.234 e. The molecule has 2 heterocycles. The van der Waals surface area contributed by atoms with Gasteiger partial charge in [-0.15, -0.1) is 0 Å². The van der Waals surface area contributed by atoms with Crippen molar-refractivity contribution >= 4 is 17.4 Å². The van der Waals surface area contributed by atoms with Crippen LogP contribution in [0.25, 0.3) is 0 Å². The average Bonchev–Trinajstić information content (AvgIpc) is 2.25. The van der Waals surface area contributed by atoms with E-state index in [-0.39, 0.29) is 29.5 Å². The van der Waals surface area contributed by atoms with Crippen LogP contribution in [0.15, 0.2) is 12.1 Å². The van der Waals surface area contributed by atoms with Gasteiger partial charge in [0, 0.05) is 7.05 Å². The highest BCUT2D eigenvalue weighted by Crippen LogP contribution is 2.24. The van der Waals surface area contributed by atoms with E-state index in [1.54, 1.807) is 13.1 Å². The third-order valence-electron chi connectivity index (χ3n) is 2.30. The molecule has 5 nitrogen and oxygen atoms in total. The summed E-state index contributed by atoms with van der Waals surface area (Å²) in [4.78, 5) is 28.1. The Morgan fingerprint density at radius 3 is 2.87 bits per heavy atom. The zero-order valence-electron chi connectivity index (χ0n) is 8.02. The molecule has 0 unspecified atom stereocenters. The van der Waals surface area contributed by atoms with Gasteiger partial charge in [0.2, 0.25) is 5.91 Å². The minimum atomic E-state index is -0.329. The van der Waals surface area contributed by atoms with E-state index < -0.39 is 0 Å². The summed E-state index contributed by atoms with van der Waals surface area (Å²) in [6, 6.07) is 4.91. The van der Waals surface area contributed by atoms with E-state index in [0.717, 1.165) is 0 Å². The number of hydrogen-bond acceptors (Lipinski definition) is 4. The molecule has 0 saturated heterocycles. The summed E-state index contributed by atoms with van der Waals surface area (Å²) in [6.45, 7) is 0. The molecular weight excluding hydrogens is 194 g/mol. The molecule has 0 aliphatic carbocycles. The van der Waals surface area contributed by atoms with Crippen LogP contribution in [0.1, 0.15) is 22.6 Å². The van der Waals surface area contributed by atoms with Gasteiger partial charge in [0.15, 0.2) is 5.78 Å². The van der Waals surface area contributed by atoms with Crippen molar-refractivity contribution in [1.82, 2.24) is 4.98 Å². The molecule has 15 heavy (non-hydrogen) atoms. The van der Waals surface area contributed by atoms with Gasteiger partial charge in [-0.2, -0.15) is 5.26 Å². The van der Waals surface area contributed by atoms with Crippen LogP contribution in [-0.4, -0.2) is 23.7 Å². The third-order valence-corrected chi connectivity index (χ3v) is 2.30. The highest BCUT2D eigenvalue weighted by Gasteiger charge is 2.28. The van der Waals surface area contributed by atoms with Gasteiger partial charge < -0.3 is 4.90 Å². The van der Waals surface area contributed by atoms with Crippen LogP contribution >= 0.6 is 0 Å². The first-order chi connectivity index (χ1) is 7.13. The van der Waals surface area contributed by atoms with Crippen molar-refractivity contribution in [2.45, 2.75) is 6.42 Å². The Kier molecular flexibility index (Phi) is 1.97. The number of nitrogens with zero attached hydrogens (tertiary/aromatic N) is 3. The largest absolute Gasteiger partial charge is 0.313 e. The number of anilines is 1. The number of carbonyl (C=O) groups excluding carboxylic acids is 2. The molecule has 0 saturated carbocycles. The maximum absolute atomic E-state index is 11.5. The zero-order chi connectivity index (χ0) is 11.0. The highest BCUT2D eigenvalue weighted by atomic mass is 16.2. The zero-order valence-corrected chi connectivity index (χ0v) is 8.02. The number of carbonyl (C=O) groups is 2. The second kappa shape index (κ2) is 3.17. The predicted molar refractivity (Wildman–Crippen MR) is 51.3 cm³/mol. The average molecular weight is 201 g/mol. The first-order valence-corrected chi connectivity index (χ1v) is 4.34. The SMILES string of the molecule is CN1C(=O)CC(=O)c2nc(C#N)ccc21. The Hall–Kier alpha value is -2.22. The summed E-state index contributed by atoms with van der Waals surface area (Å²) < 4.78 is 0. The van der Waals surface area contributed by atoms with E-state index in [1.165, 1.54) is 11.0 Å². The Morgan fingerprint density at radius 1 is 1.47 bits per heavy atom. The normalized spacial score (nSPS) is 14.8. The quantitative estimate of drug-likeness (QED) is 0.573. The van der Waals surface area contributed by atoms with E-state index in [1.807, 2.05) is 6.07 Å². The van der Waals surface area contributed by atoms with Crippen molar-refractivity contribution in [1.29, 1.82) is 5.26 Å². The standard InChI is InChI=1S/C10H7N3O2/c1-13-7-3-2-6(5-11)12-10(7)8(14)4-9(13)15/h2-3H,4H2,1H3. The van der Waals surface area contributed by atoms with Gasteiger partial charge in [-0.05, 0) is 12.1 Å². The van der Waals surface area contributed by atoms with Crippen molar-refractivity contribution in [3.8, 4) is 6.07 Å². The highest BCUT2D eigenvalue weighted by molar-refractivity contribution is 6.18. The van der Waals surface area contributed by atoms with Crippen molar-refractivity contribution < 1.29 is 9.59 Å².